The number of anilines is 2. The van der Waals surface area contributed by atoms with E-state index in [9.17, 15) is 4.79 Å². The predicted octanol–water partition coefficient (Wildman–Crippen LogP) is 3.69. The molecule has 0 aliphatic carbocycles. The van der Waals surface area contributed by atoms with Crippen molar-refractivity contribution in [3.05, 3.63) is 53.7 Å². The summed E-state index contributed by atoms with van der Waals surface area (Å²) in [4.78, 5) is 19.2. The molecule has 0 saturated carbocycles. The van der Waals surface area contributed by atoms with Crippen LogP contribution in [-0.4, -0.2) is 22.5 Å². The number of carbonyl (C=O) groups is 1. The Bertz CT molecular complexity index is 733. The standard InChI is InChI=1S/C19H23N3O/c1-13-12-14-8-5-6-10-16(14)22(13)17-11-7-9-15(20-17)18(23)21-19(2,3)4/h5-11,13H,12H2,1-4H3,(H,21,23). The molecule has 2 aromatic rings. The van der Waals surface area contributed by atoms with Crippen molar-refractivity contribution in [2.75, 3.05) is 4.90 Å². The summed E-state index contributed by atoms with van der Waals surface area (Å²) in [5, 5.41) is 2.96. The minimum atomic E-state index is -0.275. The molecule has 4 nitrogen and oxygen atoms in total. The summed E-state index contributed by atoms with van der Waals surface area (Å²) in [6.45, 7) is 8.08. The average Bonchev–Trinajstić information content (AvgIpc) is 2.81. The molecule has 1 aliphatic heterocycles. The third-order valence-corrected chi connectivity index (χ3v) is 3.91. The summed E-state index contributed by atoms with van der Waals surface area (Å²) < 4.78 is 0. The lowest BCUT2D eigenvalue weighted by atomic mass is 10.1. The number of benzene rings is 1. The topological polar surface area (TPSA) is 45.2 Å². The Balaban J connectivity index is 1.93. The first-order valence-electron chi connectivity index (χ1n) is 8.02. The Morgan fingerprint density at radius 2 is 1.91 bits per heavy atom. The number of pyridine rings is 1. The van der Waals surface area contributed by atoms with Crippen molar-refractivity contribution >= 4 is 17.4 Å². The van der Waals surface area contributed by atoms with Gasteiger partial charge in [0.15, 0.2) is 0 Å². The number of amides is 1. The second kappa shape index (κ2) is 5.69. The number of nitrogens with one attached hydrogen (secondary N) is 1. The highest BCUT2D eigenvalue weighted by Crippen LogP contribution is 2.37. The minimum absolute atomic E-state index is 0.139. The van der Waals surface area contributed by atoms with Crippen LogP contribution in [0.4, 0.5) is 11.5 Å². The number of fused-ring (bicyclic) bond motifs is 1. The summed E-state index contributed by atoms with van der Waals surface area (Å²) in [7, 11) is 0. The molecular formula is C19H23N3O. The van der Waals surface area contributed by atoms with Gasteiger partial charge in [0, 0.05) is 17.3 Å². The maximum absolute atomic E-state index is 12.4. The van der Waals surface area contributed by atoms with E-state index in [1.807, 2.05) is 39.0 Å². The fraction of sp³-hybridized carbons (Fsp3) is 0.368. The van der Waals surface area contributed by atoms with Gasteiger partial charge >= 0.3 is 0 Å². The zero-order valence-corrected chi connectivity index (χ0v) is 14.1. The molecule has 1 atom stereocenters. The molecule has 23 heavy (non-hydrogen) atoms. The number of nitrogens with zero attached hydrogens (tertiary/aromatic N) is 2. The van der Waals surface area contributed by atoms with Crippen molar-refractivity contribution in [1.29, 1.82) is 0 Å². The first-order valence-corrected chi connectivity index (χ1v) is 8.02. The van der Waals surface area contributed by atoms with Gasteiger partial charge in [0.1, 0.15) is 11.5 Å². The highest BCUT2D eigenvalue weighted by Gasteiger charge is 2.28. The first-order chi connectivity index (χ1) is 10.8. The molecule has 0 bridgehead atoms. The highest BCUT2D eigenvalue weighted by atomic mass is 16.2. The van der Waals surface area contributed by atoms with Gasteiger partial charge in [0.05, 0.1) is 0 Å². The summed E-state index contributed by atoms with van der Waals surface area (Å²) in [6.07, 6.45) is 0.996. The monoisotopic (exact) mass is 309 g/mol. The van der Waals surface area contributed by atoms with Gasteiger partial charge in [-0.1, -0.05) is 24.3 Å². The lowest BCUT2D eigenvalue weighted by molar-refractivity contribution is 0.0914. The average molecular weight is 309 g/mol. The van der Waals surface area contributed by atoms with Crippen LogP contribution in [-0.2, 0) is 6.42 Å². The molecule has 1 N–H and O–H groups in total. The molecule has 0 saturated heterocycles. The van der Waals surface area contributed by atoms with E-state index in [-0.39, 0.29) is 11.4 Å². The smallest absolute Gasteiger partial charge is 0.270 e. The van der Waals surface area contributed by atoms with Crippen molar-refractivity contribution in [2.45, 2.75) is 45.7 Å². The van der Waals surface area contributed by atoms with Crippen molar-refractivity contribution in [1.82, 2.24) is 10.3 Å². The first kappa shape index (κ1) is 15.5. The molecular weight excluding hydrogens is 286 g/mol. The molecule has 1 aromatic heterocycles. The van der Waals surface area contributed by atoms with Gasteiger partial charge in [-0.25, -0.2) is 4.98 Å². The molecule has 1 aromatic carbocycles. The lowest BCUT2D eigenvalue weighted by Gasteiger charge is -2.25. The number of hydrogen-bond acceptors (Lipinski definition) is 3. The number of carbonyl (C=O) groups excluding carboxylic acids is 1. The minimum Gasteiger partial charge on any atom is -0.346 e. The second-order valence-electron chi connectivity index (χ2n) is 7.14. The lowest BCUT2D eigenvalue weighted by Crippen LogP contribution is -2.41. The second-order valence-corrected chi connectivity index (χ2v) is 7.14. The van der Waals surface area contributed by atoms with Crippen LogP contribution in [0.2, 0.25) is 0 Å². The van der Waals surface area contributed by atoms with Crippen molar-refractivity contribution in [3.8, 4) is 0 Å². The Labute approximate surface area is 137 Å². The molecule has 0 spiro atoms. The van der Waals surface area contributed by atoms with Crippen LogP contribution in [0.5, 0.6) is 0 Å². The molecule has 0 radical (unpaired) electrons. The maximum Gasteiger partial charge on any atom is 0.270 e. The molecule has 2 heterocycles. The zero-order chi connectivity index (χ0) is 16.6. The van der Waals surface area contributed by atoms with Crippen LogP contribution in [0.25, 0.3) is 0 Å². The maximum atomic E-state index is 12.4. The Morgan fingerprint density at radius 1 is 1.17 bits per heavy atom. The van der Waals surface area contributed by atoms with Gasteiger partial charge < -0.3 is 10.2 Å². The van der Waals surface area contributed by atoms with Crippen LogP contribution in [0.15, 0.2) is 42.5 Å². The number of rotatable bonds is 2. The largest absolute Gasteiger partial charge is 0.346 e. The van der Waals surface area contributed by atoms with Crippen LogP contribution < -0.4 is 10.2 Å². The van der Waals surface area contributed by atoms with Gasteiger partial charge in [-0.15, -0.1) is 0 Å². The van der Waals surface area contributed by atoms with Crippen molar-refractivity contribution in [2.24, 2.45) is 0 Å². The molecule has 3 rings (SSSR count). The Hall–Kier alpha value is -2.36. The van der Waals surface area contributed by atoms with E-state index < -0.39 is 0 Å². The molecule has 0 fully saturated rings. The van der Waals surface area contributed by atoms with E-state index in [0.29, 0.717) is 11.7 Å². The van der Waals surface area contributed by atoms with E-state index >= 15 is 0 Å². The van der Waals surface area contributed by atoms with Gasteiger partial charge in [0.25, 0.3) is 5.91 Å². The predicted molar refractivity (Wildman–Crippen MR) is 93.2 cm³/mol. The SMILES string of the molecule is CC1Cc2ccccc2N1c1cccc(C(=O)NC(C)(C)C)n1. The van der Waals surface area contributed by atoms with E-state index in [1.54, 1.807) is 6.07 Å². The normalized spacial score (nSPS) is 17.0. The molecule has 120 valence electrons. The molecule has 1 aliphatic rings. The van der Waals surface area contributed by atoms with Crippen molar-refractivity contribution < 1.29 is 4.79 Å². The summed E-state index contributed by atoms with van der Waals surface area (Å²) in [5.41, 5.74) is 2.68. The Morgan fingerprint density at radius 3 is 2.65 bits per heavy atom. The number of hydrogen-bond donors (Lipinski definition) is 1. The summed E-state index contributed by atoms with van der Waals surface area (Å²) >= 11 is 0. The van der Waals surface area contributed by atoms with Gasteiger partial charge in [-0.2, -0.15) is 0 Å². The van der Waals surface area contributed by atoms with E-state index in [1.165, 1.54) is 11.3 Å². The third-order valence-electron chi connectivity index (χ3n) is 3.91. The van der Waals surface area contributed by atoms with Crippen LogP contribution in [0.1, 0.15) is 43.7 Å². The highest BCUT2D eigenvalue weighted by molar-refractivity contribution is 5.93. The third kappa shape index (κ3) is 3.21. The number of aromatic nitrogens is 1. The van der Waals surface area contributed by atoms with Crippen LogP contribution >= 0.6 is 0 Å². The number of para-hydroxylation sites is 1. The van der Waals surface area contributed by atoms with Crippen LogP contribution in [0, 0.1) is 0 Å². The van der Waals surface area contributed by atoms with E-state index in [2.05, 4.69) is 40.3 Å². The zero-order valence-electron chi connectivity index (χ0n) is 14.1. The van der Waals surface area contributed by atoms with E-state index in [0.717, 1.165) is 12.2 Å². The van der Waals surface area contributed by atoms with Crippen LogP contribution in [0.3, 0.4) is 0 Å². The Kier molecular flexibility index (Phi) is 3.84. The van der Waals surface area contributed by atoms with E-state index in [4.69, 9.17) is 0 Å². The fourth-order valence-corrected chi connectivity index (χ4v) is 3.00. The molecule has 4 heteroatoms. The van der Waals surface area contributed by atoms with Gasteiger partial charge in [-0.3, -0.25) is 4.79 Å². The fourth-order valence-electron chi connectivity index (χ4n) is 3.00. The van der Waals surface area contributed by atoms with Gasteiger partial charge in [0.2, 0.25) is 0 Å². The summed E-state index contributed by atoms with van der Waals surface area (Å²) in [5.74, 6) is 0.684. The quantitative estimate of drug-likeness (QED) is 0.920. The summed E-state index contributed by atoms with van der Waals surface area (Å²) in [6, 6.07) is 14.3. The molecule has 1 amide bonds. The van der Waals surface area contributed by atoms with Gasteiger partial charge in [-0.05, 0) is 57.9 Å². The molecule has 1 unspecified atom stereocenters. The van der Waals surface area contributed by atoms with Crippen molar-refractivity contribution in [3.63, 3.8) is 0 Å².